The number of nitrogens with zero attached hydrogens (tertiary/aromatic N) is 5. The van der Waals surface area contributed by atoms with E-state index in [2.05, 4.69) is 37.6 Å². The molecule has 0 saturated carbocycles. The molecule has 0 unspecified atom stereocenters. The first-order valence-corrected chi connectivity index (χ1v) is 5.68. The minimum atomic E-state index is 0.259. The van der Waals surface area contributed by atoms with Crippen molar-refractivity contribution < 1.29 is 0 Å². The Balaban J connectivity index is 2.36. The van der Waals surface area contributed by atoms with Gasteiger partial charge in [-0.15, -0.1) is 0 Å². The second kappa shape index (κ2) is 5.00. The normalized spacial score (nSPS) is 9.81. The summed E-state index contributed by atoms with van der Waals surface area (Å²) >= 11 is 2.25. The van der Waals surface area contributed by atoms with Crippen molar-refractivity contribution >= 4 is 22.6 Å². The summed E-state index contributed by atoms with van der Waals surface area (Å²) in [5, 5.41) is 3.51. The van der Waals surface area contributed by atoms with Gasteiger partial charge in [-0.1, -0.05) is 5.11 Å². The highest BCUT2D eigenvalue weighted by molar-refractivity contribution is 14.1. The van der Waals surface area contributed by atoms with E-state index in [1.54, 1.807) is 6.20 Å². The van der Waals surface area contributed by atoms with E-state index in [0.29, 0.717) is 0 Å². The fraction of sp³-hybridized carbons (Fsp3) is 0.100. The molecule has 1 heterocycles. The summed E-state index contributed by atoms with van der Waals surface area (Å²) in [6.45, 7) is 0.259. The predicted octanol–water partition coefficient (Wildman–Crippen LogP) is 3.29. The molecule has 16 heavy (non-hydrogen) atoms. The number of hydrogen-bond acceptors (Lipinski definition) is 2. The van der Waals surface area contributed by atoms with Crippen LogP contribution in [-0.4, -0.2) is 9.55 Å². The Labute approximate surface area is 106 Å². The maximum Gasteiger partial charge on any atom is 0.119 e. The van der Waals surface area contributed by atoms with Gasteiger partial charge >= 0.3 is 0 Å². The van der Waals surface area contributed by atoms with Gasteiger partial charge in [0.15, 0.2) is 0 Å². The van der Waals surface area contributed by atoms with Crippen LogP contribution >= 0.6 is 22.6 Å². The zero-order valence-electron chi connectivity index (χ0n) is 8.29. The summed E-state index contributed by atoms with van der Waals surface area (Å²) in [4.78, 5) is 6.88. The first-order valence-electron chi connectivity index (χ1n) is 4.60. The fourth-order valence-corrected chi connectivity index (χ4v) is 1.74. The van der Waals surface area contributed by atoms with Gasteiger partial charge in [0.05, 0.1) is 6.54 Å². The summed E-state index contributed by atoms with van der Waals surface area (Å²) in [5.74, 6) is 0.735. The number of imidazole rings is 1. The average Bonchev–Trinajstić information content (AvgIpc) is 2.75. The highest BCUT2D eigenvalue weighted by Gasteiger charge is 2.03. The second-order valence-corrected chi connectivity index (χ2v) is 4.32. The SMILES string of the molecule is [N-]=[N+]=NCc1nccn1-c1ccc(I)cc1. The van der Waals surface area contributed by atoms with Gasteiger partial charge in [0.25, 0.3) is 0 Å². The van der Waals surface area contributed by atoms with Gasteiger partial charge in [0, 0.05) is 26.6 Å². The molecular weight excluding hydrogens is 317 g/mol. The number of hydrogen-bond donors (Lipinski definition) is 0. The molecule has 2 aromatic rings. The quantitative estimate of drug-likeness (QED) is 0.369. The van der Waals surface area contributed by atoms with Gasteiger partial charge in [-0.2, -0.15) is 0 Å². The van der Waals surface area contributed by atoms with Crippen LogP contribution < -0.4 is 0 Å². The zero-order chi connectivity index (χ0) is 11.4. The van der Waals surface area contributed by atoms with Gasteiger partial charge < -0.3 is 4.57 Å². The van der Waals surface area contributed by atoms with Crippen molar-refractivity contribution in [2.24, 2.45) is 5.11 Å². The molecule has 0 N–H and O–H groups in total. The first kappa shape index (κ1) is 11.0. The van der Waals surface area contributed by atoms with Crippen LogP contribution in [0.3, 0.4) is 0 Å². The van der Waals surface area contributed by atoms with Crippen molar-refractivity contribution in [1.82, 2.24) is 9.55 Å². The van der Waals surface area contributed by atoms with Crippen molar-refractivity contribution in [2.45, 2.75) is 6.54 Å². The molecule has 0 aliphatic rings. The Morgan fingerprint density at radius 3 is 2.81 bits per heavy atom. The van der Waals surface area contributed by atoms with Gasteiger partial charge in [-0.25, -0.2) is 4.98 Å². The fourth-order valence-electron chi connectivity index (χ4n) is 1.38. The van der Waals surface area contributed by atoms with Gasteiger partial charge in [0.1, 0.15) is 5.82 Å². The maximum absolute atomic E-state index is 8.28. The zero-order valence-corrected chi connectivity index (χ0v) is 10.4. The Morgan fingerprint density at radius 1 is 1.38 bits per heavy atom. The Hall–Kier alpha value is -1.53. The number of azide groups is 1. The monoisotopic (exact) mass is 325 g/mol. The third kappa shape index (κ3) is 2.34. The maximum atomic E-state index is 8.28. The summed E-state index contributed by atoms with van der Waals surface area (Å²) < 4.78 is 3.09. The lowest BCUT2D eigenvalue weighted by Crippen LogP contribution is -1.98. The van der Waals surface area contributed by atoms with Crippen LogP contribution in [0.5, 0.6) is 0 Å². The Kier molecular flexibility index (Phi) is 3.43. The lowest BCUT2D eigenvalue weighted by Gasteiger charge is -2.05. The molecule has 80 valence electrons. The van der Waals surface area contributed by atoms with Gasteiger partial charge in [-0.05, 0) is 52.4 Å². The minimum absolute atomic E-state index is 0.259. The highest BCUT2D eigenvalue weighted by atomic mass is 127. The lowest BCUT2D eigenvalue weighted by atomic mass is 10.3. The van der Waals surface area contributed by atoms with E-state index < -0.39 is 0 Å². The van der Waals surface area contributed by atoms with Gasteiger partial charge in [0.2, 0.25) is 0 Å². The summed E-state index contributed by atoms with van der Waals surface area (Å²) in [6, 6.07) is 8.05. The van der Waals surface area contributed by atoms with Crippen LogP contribution in [0.25, 0.3) is 16.1 Å². The van der Waals surface area contributed by atoms with Crippen molar-refractivity contribution in [1.29, 1.82) is 0 Å². The van der Waals surface area contributed by atoms with Crippen LogP contribution in [0.15, 0.2) is 41.8 Å². The minimum Gasteiger partial charge on any atom is -0.304 e. The number of aromatic nitrogens is 2. The molecule has 1 aromatic heterocycles. The predicted molar refractivity (Wildman–Crippen MR) is 69.1 cm³/mol. The Morgan fingerprint density at radius 2 is 2.12 bits per heavy atom. The third-order valence-electron chi connectivity index (χ3n) is 2.10. The van der Waals surface area contributed by atoms with E-state index in [4.69, 9.17) is 5.53 Å². The van der Waals surface area contributed by atoms with Crippen molar-refractivity contribution in [3.63, 3.8) is 0 Å². The molecule has 0 spiro atoms. The molecule has 5 nitrogen and oxygen atoms in total. The highest BCUT2D eigenvalue weighted by Crippen LogP contribution is 2.13. The molecule has 1 aromatic carbocycles. The van der Waals surface area contributed by atoms with E-state index >= 15 is 0 Å². The summed E-state index contributed by atoms with van der Waals surface area (Å²) in [5.41, 5.74) is 9.30. The molecule has 6 heteroatoms. The van der Waals surface area contributed by atoms with Crippen molar-refractivity contribution in [2.75, 3.05) is 0 Å². The van der Waals surface area contributed by atoms with Crippen molar-refractivity contribution in [3.05, 3.63) is 56.5 Å². The van der Waals surface area contributed by atoms with Crippen LogP contribution in [-0.2, 0) is 6.54 Å². The van der Waals surface area contributed by atoms with E-state index in [1.165, 1.54) is 3.57 Å². The van der Waals surface area contributed by atoms with Crippen LogP contribution in [0.2, 0.25) is 0 Å². The average molecular weight is 325 g/mol. The van der Waals surface area contributed by atoms with E-state index in [-0.39, 0.29) is 6.54 Å². The third-order valence-corrected chi connectivity index (χ3v) is 2.82. The molecule has 0 bridgehead atoms. The number of halogens is 1. The van der Waals surface area contributed by atoms with Crippen LogP contribution in [0.1, 0.15) is 5.82 Å². The largest absolute Gasteiger partial charge is 0.304 e. The van der Waals surface area contributed by atoms with Crippen molar-refractivity contribution in [3.8, 4) is 5.69 Å². The van der Waals surface area contributed by atoms with Crippen LogP contribution in [0, 0.1) is 3.57 Å². The van der Waals surface area contributed by atoms with E-state index in [1.807, 2.05) is 35.0 Å². The first-order chi connectivity index (χ1) is 7.81. The molecule has 0 saturated heterocycles. The molecule has 0 aliphatic heterocycles. The molecule has 2 rings (SSSR count). The number of benzene rings is 1. The standard InChI is InChI=1S/C10H8IN5/c11-8-1-3-9(4-2-8)16-6-5-13-10(16)7-14-15-12/h1-6H,7H2. The van der Waals surface area contributed by atoms with E-state index in [9.17, 15) is 0 Å². The smallest absolute Gasteiger partial charge is 0.119 e. The molecule has 0 radical (unpaired) electrons. The molecule has 0 amide bonds. The Bertz CT molecular complexity index is 524. The molecule has 0 atom stereocenters. The number of rotatable bonds is 3. The van der Waals surface area contributed by atoms with E-state index in [0.717, 1.165) is 11.5 Å². The summed E-state index contributed by atoms with van der Waals surface area (Å²) in [7, 11) is 0. The van der Waals surface area contributed by atoms with Gasteiger partial charge in [-0.3, -0.25) is 0 Å². The lowest BCUT2D eigenvalue weighted by molar-refractivity contribution is 0.861. The molecule has 0 aliphatic carbocycles. The topological polar surface area (TPSA) is 66.6 Å². The van der Waals surface area contributed by atoms with Crippen LogP contribution in [0.4, 0.5) is 0 Å². The second-order valence-electron chi connectivity index (χ2n) is 3.08. The summed E-state index contributed by atoms with van der Waals surface area (Å²) in [6.07, 6.45) is 3.55. The molecule has 0 fully saturated rings. The molecular formula is C10H8IN5.